The van der Waals surface area contributed by atoms with Gasteiger partial charge in [0.25, 0.3) is 0 Å². The maximum atomic E-state index is 12.2. The van der Waals surface area contributed by atoms with Crippen molar-refractivity contribution >= 4 is 17.7 Å². The number of benzene rings is 1. The maximum Gasteiger partial charge on any atom is 0.410 e. The number of carbonyl (C=O) groups excluding carboxylic acids is 1. The Labute approximate surface area is 161 Å². The molecule has 1 aliphatic heterocycles. The van der Waals surface area contributed by atoms with E-state index in [1.165, 1.54) is 0 Å². The Kier molecular flexibility index (Phi) is 6.81. The molecule has 5 nitrogen and oxygen atoms in total. The minimum atomic E-state index is -0.475. The molecule has 0 aromatic heterocycles. The number of amides is 1. The highest BCUT2D eigenvalue weighted by molar-refractivity contribution is 6.30. The lowest BCUT2D eigenvalue weighted by Gasteiger charge is -2.39. The van der Waals surface area contributed by atoms with Crippen LogP contribution in [0.15, 0.2) is 36.5 Å². The van der Waals surface area contributed by atoms with Crippen molar-refractivity contribution in [3.05, 3.63) is 41.6 Å². The van der Waals surface area contributed by atoms with Crippen molar-refractivity contribution in [3.8, 4) is 5.75 Å². The highest BCUT2D eigenvalue weighted by atomic mass is 35.5. The van der Waals surface area contributed by atoms with Crippen LogP contribution in [0.5, 0.6) is 5.75 Å². The first-order valence-corrected chi connectivity index (χ1v) is 9.41. The summed E-state index contributed by atoms with van der Waals surface area (Å²) >= 11 is 5.92. The van der Waals surface area contributed by atoms with Crippen molar-refractivity contribution in [2.45, 2.75) is 45.8 Å². The van der Waals surface area contributed by atoms with E-state index in [0.29, 0.717) is 18.1 Å². The van der Waals surface area contributed by atoms with Crippen LogP contribution in [0.1, 0.15) is 34.1 Å². The van der Waals surface area contributed by atoms with Crippen molar-refractivity contribution in [2.75, 3.05) is 26.2 Å². The largest absolute Gasteiger partial charge is 0.484 e. The third kappa shape index (κ3) is 5.84. The molecule has 0 radical (unpaired) electrons. The molecular weight excluding hydrogens is 352 g/mol. The number of piperazine rings is 1. The SMILES string of the molecule is C=C(C(CC)Oc1ccc(Cl)cc1)N1CCN(C(=O)OC(C)(C)C)CC1. The van der Waals surface area contributed by atoms with Gasteiger partial charge in [0.1, 0.15) is 17.5 Å². The van der Waals surface area contributed by atoms with Gasteiger partial charge in [0.2, 0.25) is 0 Å². The molecule has 2 rings (SSSR count). The van der Waals surface area contributed by atoms with Gasteiger partial charge in [0.05, 0.1) is 0 Å². The molecule has 1 aromatic rings. The number of ether oxygens (including phenoxy) is 2. The Balaban J connectivity index is 1.89. The average Bonchev–Trinajstić information content (AvgIpc) is 2.59. The molecule has 26 heavy (non-hydrogen) atoms. The number of rotatable bonds is 5. The number of carbonyl (C=O) groups is 1. The molecule has 1 unspecified atom stereocenters. The van der Waals surface area contributed by atoms with Crippen LogP contribution in [-0.2, 0) is 4.74 Å². The molecule has 0 aliphatic carbocycles. The fourth-order valence-electron chi connectivity index (χ4n) is 2.77. The molecule has 1 atom stereocenters. The van der Waals surface area contributed by atoms with Gasteiger partial charge < -0.3 is 19.3 Å². The fourth-order valence-corrected chi connectivity index (χ4v) is 2.90. The van der Waals surface area contributed by atoms with E-state index in [1.54, 1.807) is 4.90 Å². The van der Waals surface area contributed by atoms with Gasteiger partial charge in [0, 0.05) is 36.9 Å². The Morgan fingerprint density at radius 2 is 1.69 bits per heavy atom. The minimum Gasteiger partial charge on any atom is -0.484 e. The Hall–Kier alpha value is -1.88. The number of nitrogens with zero attached hydrogens (tertiary/aromatic N) is 2. The van der Waals surface area contributed by atoms with Crippen LogP contribution in [0.2, 0.25) is 5.02 Å². The van der Waals surface area contributed by atoms with E-state index >= 15 is 0 Å². The summed E-state index contributed by atoms with van der Waals surface area (Å²) in [4.78, 5) is 16.1. The van der Waals surface area contributed by atoms with Crippen molar-refractivity contribution < 1.29 is 14.3 Å². The number of hydrogen-bond donors (Lipinski definition) is 0. The summed E-state index contributed by atoms with van der Waals surface area (Å²) in [5.74, 6) is 0.773. The predicted octanol–water partition coefficient (Wildman–Crippen LogP) is 4.56. The first-order chi connectivity index (χ1) is 12.2. The third-order valence-electron chi connectivity index (χ3n) is 4.17. The van der Waals surface area contributed by atoms with E-state index < -0.39 is 5.60 Å². The molecule has 0 saturated carbocycles. The first-order valence-electron chi connectivity index (χ1n) is 9.03. The lowest BCUT2D eigenvalue weighted by molar-refractivity contribution is 0.0154. The van der Waals surface area contributed by atoms with Gasteiger partial charge in [-0.1, -0.05) is 25.1 Å². The Morgan fingerprint density at radius 3 is 2.19 bits per heavy atom. The summed E-state index contributed by atoms with van der Waals surface area (Å²) in [5, 5.41) is 0.683. The summed E-state index contributed by atoms with van der Waals surface area (Å²) < 4.78 is 11.5. The zero-order valence-electron chi connectivity index (χ0n) is 16.1. The van der Waals surface area contributed by atoms with Gasteiger partial charge in [-0.15, -0.1) is 0 Å². The second kappa shape index (κ2) is 8.67. The third-order valence-corrected chi connectivity index (χ3v) is 4.42. The second-order valence-electron chi connectivity index (χ2n) is 7.41. The highest BCUT2D eigenvalue weighted by Crippen LogP contribution is 2.22. The molecule has 1 aliphatic rings. The molecule has 6 heteroatoms. The van der Waals surface area contributed by atoms with E-state index in [0.717, 1.165) is 31.0 Å². The van der Waals surface area contributed by atoms with Gasteiger partial charge in [-0.25, -0.2) is 4.79 Å². The van der Waals surface area contributed by atoms with E-state index in [4.69, 9.17) is 21.1 Å². The smallest absolute Gasteiger partial charge is 0.410 e. The normalized spacial score (nSPS) is 16.2. The Morgan fingerprint density at radius 1 is 1.15 bits per heavy atom. The van der Waals surface area contributed by atoms with Crippen molar-refractivity contribution in [3.63, 3.8) is 0 Å². The van der Waals surface area contributed by atoms with E-state index in [9.17, 15) is 4.79 Å². The van der Waals surface area contributed by atoms with Crippen LogP contribution in [-0.4, -0.2) is 53.8 Å². The minimum absolute atomic E-state index is 0.107. The molecule has 0 N–H and O–H groups in total. The van der Waals surface area contributed by atoms with Crippen molar-refractivity contribution in [1.29, 1.82) is 0 Å². The Bertz CT molecular complexity index is 617. The molecule has 0 spiro atoms. The standard InChI is InChI=1S/C20H29ClN2O3/c1-6-18(25-17-9-7-16(21)8-10-17)15(2)22-11-13-23(14-12-22)19(24)26-20(3,4)5/h7-10,18H,2,6,11-14H2,1,3-5H3. The lowest BCUT2D eigenvalue weighted by atomic mass is 10.1. The van der Waals surface area contributed by atoms with E-state index in [2.05, 4.69) is 18.4 Å². The van der Waals surface area contributed by atoms with Gasteiger partial charge in [-0.3, -0.25) is 0 Å². The predicted molar refractivity (Wildman–Crippen MR) is 105 cm³/mol. The summed E-state index contributed by atoms with van der Waals surface area (Å²) in [6.45, 7) is 14.6. The van der Waals surface area contributed by atoms with Gasteiger partial charge in [-0.2, -0.15) is 0 Å². The first kappa shape index (κ1) is 20.4. The van der Waals surface area contributed by atoms with Gasteiger partial charge in [0.15, 0.2) is 0 Å². The monoisotopic (exact) mass is 380 g/mol. The molecule has 144 valence electrons. The summed E-state index contributed by atoms with van der Waals surface area (Å²) in [6, 6.07) is 7.34. The van der Waals surface area contributed by atoms with Crippen molar-refractivity contribution in [2.24, 2.45) is 0 Å². The molecule has 1 amide bonds. The van der Waals surface area contributed by atoms with Crippen LogP contribution >= 0.6 is 11.6 Å². The summed E-state index contributed by atoms with van der Waals surface area (Å²) in [5.41, 5.74) is 0.462. The zero-order chi connectivity index (χ0) is 19.3. The van der Waals surface area contributed by atoms with E-state index in [-0.39, 0.29) is 12.2 Å². The van der Waals surface area contributed by atoms with Crippen LogP contribution in [0, 0.1) is 0 Å². The highest BCUT2D eigenvalue weighted by Gasteiger charge is 2.28. The maximum absolute atomic E-state index is 12.2. The van der Waals surface area contributed by atoms with E-state index in [1.807, 2.05) is 45.0 Å². The quantitative estimate of drug-likeness (QED) is 0.750. The van der Waals surface area contributed by atoms with Crippen LogP contribution in [0.4, 0.5) is 4.79 Å². The molecule has 1 heterocycles. The molecule has 0 bridgehead atoms. The lowest BCUT2D eigenvalue weighted by Crippen LogP contribution is -2.50. The molecular formula is C20H29ClN2O3. The second-order valence-corrected chi connectivity index (χ2v) is 7.85. The van der Waals surface area contributed by atoms with Crippen LogP contribution < -0.4 is 4.74 Å². The average molecular weight is 381 g/mol. The van der Waals surface area contributed by atoms with Gasteiger partial charge >= 0.3 is 6.09 Å². The summed E-state index contributed by atoms with van der Waals surface area (Å²) in [6.07, 6.45) is 0.449. The van der Waals surface area contributed by atoms with Gasteiger partial charge in [-0.05, 0) is 51.5 Å². The topological polar surface area (TPSA) is 42.0 Å². The molecule has 1 aromatic carbocycles. The summed E-state index contributed by atoms with van der Waals surface area (Å²) in [7, 11) is 0. The van der Waals surface area contributed by atoms with Crippen molar-refractivity contribution in [1.82, 2.24) is 9.80 Å². The number of hydrogen-bond acceptors (Lipinski definition) is 4. The fraction of sp³-hybridized carbons (Fsp3) is 0.550. The van der Waals surface area contributed by atoms with Crippen LogP contribution in [0.3, 0.4) is 0 Å². The number of halogens is 1. The molecule has 1 saturated heterocycles. The van der Waals surface area contributed by atoms with Crippen LogP contribution in [0.25, 0.3) is 0 Å². The zero-order valence-corrected chi connectivity index (χ0v) is 16.9. The molecule has 1 fully saturated rings.